The third kappa shape index (κ3) is 4.99. The first kappa shape index (κ1) is 26.8. The number of aliphatic hydroxyl groups is 1. The van der Waals surface area contributed by atoms with Crippen molar-refractivity contribution in [3.63, 3.8) is 0 Å². The van der Waals surface area contributed by atoms with E-state index in [2.05, 4.69) is 41.2 Å². The zero-order valence-electron chi connectivity index (χ0n) is 22.4. The number of nitrogens with zero attached hydrogens (tertiary/aromatic N) is 4. The summed E-state index contributed by atoms with van der Waals surface area (Å²) in [6.45, 7) is 8.37. The molecule has 3 heterocycles. The molecule has 5 rings (SSSR count). The van der Waals surface area contributed by atoms with E-state index in [4.69, 9.17) is 4.52 Å². The van der Waals surface area contributed by atoms with Crippen LogP contribution in [0.4, 0.5) is 21.6 Å². The van der Waals surface area contributed by atoms with Gasteiger partial charge >= 0.3 is 0 Å². The largest absolute Gasteiger partial charge is 0.381 e. The fourth-order valence-corrected chi connectivity index (χ4v) is 5.81. The molecule has 1 aliphatic heterocycles. The number of fused-ring (bicyclic) bond motifs is 2. The van der Waals surface area contributed by atoms with E-state index in [-0.39, 0.29) is 40.0 Å². The van der Waals surface area contributed by atoms with Gasteiger partial charge in [-0.15, -0.1) is 0 Å². The quantitative estimate of drug-likeness (QED) is 0.330. The molecule has 0 fully saturated rings. The molecule has 0 saturated carbocycles. The van der Waals surface area contributed by atoms with Crippen LogP contribution >= 0.6 is 0 Å². The van der Waals surface area contributed by atoms with Crippen LogP contribution in [-0.4, -0.2) is 28.6 Å². The third-order valence-electron chi connectivity index (χ3n) is 6.52. The minimum Gasteiger partial charge on any atom is -0.381 e. The lowest BCUT2D eigenvalue weighted by atomic mass is 9.87. The van der Waals surface area contributed by atoms with Gasteiger partial charge in [0.25, 0.3) is 15.9 Å². The van der Waals surface area contributed by atoms with Gasteiger partial charge in [0.2, 0.25) is 5.82 Å². The van der Waals surface area contributed by atoms with Crippen LogP contribution in [0.3, 0.4) is 0 Å². The summed E-state index contributed by atoms with van der Waals surface area (Å²) < 4.78 is 48.5. The number of sulfonamides is 1. The highest BCUT2D eigenvalue weighted by Crippen LogP contribution is 2.44. The van der Waals surface area contributed by atoms with E-state index in [1.54, 1.807) is 36.4 Å². The predicted molar refractivity (Wildman–Crippen MR) is 146 cm³/mol. The Labute approximate surface area is 226 Å². The molecule has 0 spiro atoms. The van der Waals surface area contributed by atoms with E-state index in [1.807, 2.05) is 12.1 Å². The van der Waals surface area contributed by atoms with Crippen molar-refractivity contribution in [2.75, 3.05) is 9.62 Å². The van der Waals surface area contributed by atoms with Crippen molar-refractivity contribution >= 4 is 27.2 Å². The number of benzene rings is 2. The van der Waals surface area contributed by atoms with Gasteiger partial charge in [0, 0.05) is 11.1 Å². The molecule has 0 bridgehead atoms. The maximum Gasteiger partial charge on any atom is 0.264 e. The van der Waals surface area contributed by atoms with Gasteiger partial charge in [-0.2, -0.15) is 4.98 Å². The van der Waals surface area contributed by atoms with E-state index < -0.39 is 22.3 Å². The average molecular weight is 552 g/mol. The molecule has 0 aliphatic carbocycles. The first-order valence-corrected chi connectivity index (χ1v) is 13.9. The Balaban J connectivity index is 1.71. The molecule has 11 heteroatoms. The third-order valence-corrected chi connectivity index (χ3v) is 8.28. The van der Waals surface area contributed by atoms with Gasteiger partial charge in [-0.1, -0.05) is 50.2 Å². The second-order valence-electron chi connectivity index (χ2n) is 11.0. The molecule has 2 aromatic heterocycles. The fourth-order valence-electron chi connectivity index (χ4n) is 4.33. The Morgan fingerprint density at radius 1 is 1.03 bits per heavy atom. The summed E-state index contributed by atoms with van der Waals surface area (Å²) in [6.07, 6.45) is 0. The highest BCUT2D eigenvalue weighted by atomic mass is 32.2. The van der Waals surface area contributed by atoms with Crippen molar-refractivity contribution in [2.24, 2.45) is 0 Å². The van der Waals surface area contributed by atoms with Gasteiger partial charge in [0.05, 0.1) is 28.5 Å². The number of halogens is 1. The molecule has 204 valence electrons. The van der Waals surface area contributed by atoms with Crippen molar-refractivity contribution in [3.05, 3.63) is 77.3 Å². The summed E-state index contributed by atoms with van der Waals surface area (Å²) in [5, 5.41) is 17.6. The predicted octanol–water partition coefficient (Wildman–Crippen LogP) is 5.58. The van der Waals surface area contributed by atoms with Crippen molar-refractivity contribution in [2.45, 2.75) is 63.7 Å². The Morgan fingerprint density at radius 2 is 1.74 bits per heavy atom. The molecule has 0 atom stereocenters. The Bertz CT molecular complexity index is 1640. The molecule has 2 N–H and O–H groups in total. The highest BCUT2D eigenvalue weighted by Gasteiger charge is 2.35. The molecule has 39 heavy (non-hydrogen) atoms. The summed E-state index contributed by atoms with van der Waals surface area (Å²) >= 11 is 0. The molecule has 0 saturated heterocycles. The number of hydrogen-bond acceptors (Lipinski definition) is 8. The molecule has 0 radical (unpaired) electrons. The van der Waals surface area contributed by atoms with Crippen LogP contribution in [0.5, 0.6) is 0 Å². The topological polar surface area (TPSA) is 121 Å². The minimum atomic E-state index is -4.12. The molecule has 2 aromatic carbocycles. The van der Waals surface area contributed by atoms with Crippen LogP contribution in [0.1, 0.15) is 57.3 Å². The van der Waals surface area contributed by atoms with Crippen LogP contribution < -0.4 is 9.62 Å². The van der Waals surface area contributed by atoms with Gasteiger partial charge in [0.15, 0.2) is 0 Å². The lowest BCUT2D eigenvalue weighted by Crippen LogP contribution is -2.31. The van der Waals surface area contributed by atoms with E-state index in [9.17, 15) is 17.9 Å². The number of pyridine rings is 1. The fraction of sp³-hybridized carbons (Fsp3) is 0.321. The van der Waals surface area contributed by atoms with E-state index in [1.165, 1.54) is 24.2 Å². The maximum absolute atomic E-state index is 14.3. The monoisotopic (exact) mass is 551 g/mol. The molecule has 9 nitrogen and oxygen atoms in total. The van der Waals surface area contributed by atoms with Crippen molar-refractivity contribution in [3.8, 4) is 11.4 Å². The van der Waals surface area contributed by atoms with Gasteiger partial charge in [0.1, 0.15) is 18.1 Å². The maximum atomic E-state index is 14.3. The second kappa shape index (κ2) is 9.42. The van der Waals surface area contributed by atoms with Crippen molar-refractivity contribution < 1.29 is 22.4 Å². The van der Waals surface area contributed by atoms with Gasteiger partial charge in [-0.25, -0.2) is 17.8 Å². The molecule has 0 unspecified atom stereocenters. The first-order valence-electron chi connectivity index (χ1n) is 12.4. The van der Waals surface area contributed by atoms with Crippen LogP contribution in [0, 0.1) is 0 Å². The Morgan fingerprint density at radius 3 is 2.36 bits per heavy atom. The summed E-state index contributed by atoms with van der Waals surface area (Å²) in [7, 11) is -4.12. The second-order valence-corrected chi connectivity index (χ2v) is 12.9. The van der Waals surface area contributed by atoms with Gasteiger partial charge in [-0.05, 0) is 55.2 Å². The molecule has 4 aromatic rings. The lowest BCUT2D eigenvalue weighted by molar-refractivity contribution is 0.0420. The van der Waals surface area contributed by atoms with Crippen LogP contribution in [0.15, 0.2) is 64.0 Å². The highest BCUT2D eigenvalue weighted by molar-refractivity contribution is 7.92. The normalized spacial score (nSPS) is 13.9. The van der Waals surface area contributed by atoms with Crippen LogP contribution in [-0.2, 0) is 34.3 Å². The van der Waals surface area contributed by atoms with Crippen LogP contribution in [0.25, 0.3) is 11.4 Å². The summed E-state index contributed by atoms with van der Waals surface area (Å²) in [5.41, 5.74) is 1.31. The number of nitrogens with one attached hydrogen (secondary N) is 1. The van der Waals surface area contributed by atoms with E-state index in [0.717, 1.165) is 5.56 Å². The van der Waals surface area contributed by atoms with Gasteiger partial charge in [-0.3, -0.25) is 4.31 Å². The first-order chi connectivity index (χ1) is 18.3. The zero-order chi connectivity index (χ0) is 28.2. The number of alkyl halides is 1. The molecule has 1 aliphatic rings. The van der Waals surface area contributed by atoms with Crippen LogP contribution in [0.2, 0.25) is 0 Å². The summed E-state index contributed by atoms with van der Waals surface area (Å²) in [5.74, 6) is 0.452. The summed E-state index contributed by atoms with van der Waals surface area (Å²) in [4.78, 5) is 8.83. The minimum absolute atomic E-state index is 0.0126. The van der Waals surface area contributed by atoms with Crippen molar-refractivity contribution in [1.82, 2.24) is 15.1 Å². The Kier molecular flexibility index (Phi) is 6.47. The number of rotatable bonds is 5. The number of hydrogen-bond donors (Lipinski definition) is 2. The van der Waals surface area contributed by atoms with E-state index >= 15 is 0 Å². The SMILES string of the molecule is CC(C)(C)c1ccc(S(=O)(=O)N2Cc3ccc(CF)nc3Nc3cccc(-c4noc(C(C)(C)O)n4)c32)cc1. The molecule has 0 amide bonds. The standard InChI is InChI=1S/C28H30FN5O4S/c1-27(2,3)18-10-13-20(14-11-18)39(36,37)34-16-17-9-12-19(15-29)30-24(17)31-22-8-6-7-21(23(22)34)25-32-26(38-33-25)28(4,5)35/h6-14,35H,15-16H2,1-5H3,(H,30,31). The zero-order valence-corrected chi connectivity index (χ0v) is 23.2. The van der Waals surface area contributed by atoms with Crippen molar-refractivity contribution in [1.29, 1.82) is 0 Å². The average Bonchev–Trinajstić information content (AvgIpc) is 3.32. The molecular formula is C28H30FN5O4S. The van der Waals surface area contributed by atoms with E-state index in [0.29, 0.717) is 22.6 Å². The molecular weight excluding hydrogens is 521 g/mol. The number of para-hydroxylation sites is 1. The summed E-state index contributed by atoms with van der Waals surface area (Å²) in [6, 6.07) is 15.1. The smallest absolute Gasteiger partial charge is 0.264 e. The Hall–Kier alpha value is -3.83. The number of aromatic nitrogens is 3. The number of anilines is 3. The lowest BCUT2D eigenvalue weighted by Gasteiger charge is -2.26. The van der Waals surface area contributed by atoms with Gasteiger partial charge < -0.3 is 14.9 Å².